The number of nitrogens with zero attached hydrogens (tertiary/aromatic N) is 3. The number of halogens is 3. The zero-order valence-electron chi connectivity index (χ0n) is 13.1. The predicted octanol–water partition coefficient (Wildman–Crippen LogP) is 2.33. The van der Waals surface area contributed by atoms with Gasteiger partial charge in [-0.2, -0.15) is 13.2 Å². The molecular weight excluding hydrogens is 311 g/mol. The van der Waals surface area contributed by atoms with Crippen LogP contribution in [0.3, 0.4) is 0 Å². The number of pyridine rings is 1. The van der Waals surface area contributed by atoms with Crippen LogP contribution in [-0.4, -0.2) is 55.8 Å². The Labute approximate surface area is 133 Å². The maximum Gasteiger partial charge on any atom is 0.401 e. The van der Waals surface area contributed by atoms with Gasteiger partial charge >= 0.3 is 6.18 Å². The van der Waals surface area contributed by atoms with E-state index in [1.807, 2.05) is 0 Å². The fourth-order valence-corrected chi connectivity index (χ4v) is 2.75. The Balaban J connectivity index is 2.00. The molecule has 1 amide bonds. The van der Waals surface area contributed by atoms with Crippen molar-refractivity contribution in [1.82, 2.24) is 9.88 Å². The molecule has 5 nitrogen and oxygen atoms in total. The summed E-state index contributed by atoms with van der Waals surface area (Å²) >= 11 is 0. The second kappa shape index (κ2) is 7.16. The Hall–Kier alpha value is -1.83. The lowest BCUT2D eigenvalue weighted by molar-refractivity contribution is -0.151. The smallest absolute Gasteiger partial charge is 0.401 e. The zero-order valence-corrected chi connectivity index (χ0v) is 13.1. The lowest BCUT2D eigenvalue weighted by Crippen LogP contribution is -2.46. The van der Waals surface area contributed by atoms with Crippen molar-refractivity contribution < 1.29 is 22.7 Å². The number of amides is 1. The van der Waals surface area contributed by atoms with Gasteiger partial charge in [-0.3, -0.25) is 9.69 Å². The van der Waals surface area contributed by atoms with Crippen molar-refractivity contribution in [1.29, 1.82) is 0 Å². The highest BCUT2D eigenvalue weighted by molar-refractivity contribution is 5.94. The van der Waals surface area contributed by atoms with Crippen molar-refractivity contribution >= 4 is 11.6 Å². The monoisotopic (exact) mass is 331 g/mol. The van der Waals surface area contributed by atoms with Gasteiger partial charge in [0.05, 0.1) is 31.5 Å². The van der Waals surface area contributed by atoms with Crippen molar-refractivity contribution in [2.24, 2.45) is 5.92 Å². The molecule has 2 heterocycles. The molecule has 8 heteroatoms. The molecule has 1 aliphatic heterocycles. The Morgan fingerprint density at radius 3 is 2.78 bits per heavy atom. The van der Waals surface area contributed by atoms with Crippen LogP contribution in [0.5, 0.6) is 5.88 Å². The fourth-order valence-electron chi connectivity index (χ4n) is 2.75. The topological polar surface area (TPSA) is 45.7 Å². The average molecular weight is 331 g/mol. The molecule has 2 rings (SSSR count). The molecule has 0 bridgehead atoms. The highest BCUT2D eigenvalue weighted by Gasteiger charge is 2.35. The number of alkyl halides is 3. The summed E-state index contributed by atoms with van der Waals surface area (Å²) in [5.41, 5.74) is 0.587. The Bertz CT molecular complexity index is 534. The molecular formula is C15H20F3N3O2. The van der Waals surface area contributed by atoms with E-state index in [9.17, 15) is 18.0 Å². The van der Waals surface area contributed by atoms with E-state index in [1.54, 1.807) is 19.2 Å². The van der Waals surface area contributed by atoms with Crippen LogP contribution >= 0.6 is 0 Å². The van der Waals surface area contributed by atoms with Crippen LogP contribution in [0.2, 0.25) is 0 Å². The molecule has 0 radical (unpaired) electrons. The summed E-state index contributed by atoms with van der Waals surface area (Å²) in [6.45, 7) is -0.464. The van der Waals surface area contributed by atoms with Crippen LogP contribution in [0.25, 0.3) is 0 Å². The minimum absolute atomic E-state index is 0.131. The SMILES string of the molecule is COc1ccc(N(C)C(=O)C2CCCN(CC(F)(F)F)C2)cn1. The summed E-state index contributed by atoms with van der Waals surface area (Å²) in [5, 5.41) is 0. The van der Waals surface area contributed by atoms with Gasteiger partial charge in [0.15, 0.2) is 0 Å². The van der Waals surface area contributed by atoms with Gasteiger partial charge in [0.2, 0.25) is 11.8 Å². The van der Waals surface area contributed by atoms with Gasteiger partial charge in [-0.05, 0) is 25.5 Å². The molecule has 0 aliphatic carbocycles. The molecule has 0 N–H and O–H groups in total. The predicted molar refractivity (Wildman–Crippen MR) is 79.4 cm³/mol. The van der Waals surface area contributed by atoms with E-state index < -0.39 is 18.6 Å². The summed E-state index contributed by atoms with van der Waals surface area (Å²) in [6.07, 6.45) is -1.55. The van der Waals surface area contributed by atoms with Gasteiger partial charge in [0.1, 0.15) is 0 Å². The Morgan fingerprint density at radius 2 is 2.22 bits per heavy atom. The fraction of sp³-hybridized carbons (Fsp3) is 0.600. The number of anilines is 1. The first-order chi connectivity index (χ1) is 10.8. The normalized spacial score (nSPS) is 19.4. The number of ether oxygens (including phenoxy) is 1. The van der Waals surface area contributed by atoms with Gasteiger partial charge in [-0.15, -0.1) is 0 Å². The Kier molecular flexibility index (Phi) is 5.46. The summed E-state index contributed by atoms with van der Waals surface area (Å²) in [6, 6.07) is 3.33. The molecule has 23 heavy (non-hydrogen) atoms. The van der Waals surface area contributed by atoms with Crippen LogP contribution < -0.4 is 9.64 Å². The lowest BCUT2D eigenvalue weighted by Gasteiger charge is -2.34. The molecule has 0 spiro atoms. The van der Waals surface area contributed by atoms with Gasteiger partial charge in [0.25, 0.3) is 0 Å². The molecule has 1 fully saturated rings. The van der Waals surface area contributed by atoms with Crippen LogP contribution in [0.15, 0.2) is 18.3 Å². The molecule has 1 atom stereocenters. The number of aromatic nitrogens is 1. The maximum absolute atomic E-state index is 12.5. The van der Waals surface area contributed by atoms with Gasteiger partial charge < -0.3 is 9.64 Å². The number of carbonyl (C=O) groups excluding carboxylic acids is 1. The molecule has 1 aliphatic rings. The van der Waals surface area contributed by atoms with Crippen molar-refractivity contribution in [2.75, 3.05) is 38.7 Å². The minimum atomic E-state index is -4.24. The third kappa shape index (κ3) is 4.82. The van der Waals surface area contributed by atoms with Crippen LogP contribution in [-0.2, 0) is 4.79 Å². The third-order valence-corrected chi connectivity index (χ3v) is 3.91. The van der Waals surface area contributed by atoms with E-state index in [0.717, 1.165) is 0 Å². The summed E-state index contributed by atoms with van der Waals surface area (Å²) in [5.74, 6) is -0.189. The number of likely N-dealkylation sites (tertiary alicyclic amines) is 1. The van der Waals surface area contributed by atoms with Gasteiger partial charge in [-0.1, -0.05) is 0 Å². The standard InChI is InChI=1S/C15H20F3N3O2/c1-20(12-5-6-13(23-2)19-8-12)14(22)11-4-3-7-21(9-11)10-15(16,17)18/h5-6,8,11H,3-4,7,9-10H2,1-2H3. The third-order valence-electron chi connectivity index (χ3n) is 3.91. The molecule has 1 aromatic heterocycles. The first-order valence-electron chi connectivity index (χ1n) is 7.37. The van der Waals surface area contributed by atoms with Crippen LogP contribution in [0.1, 0.15) is 12.8 Å². The van der Waals surface area contributed by atoms with E-state index >= 15 is 0 Å². The van der Waals surface area contributed by atoms with Crippen LogP contribution in [0.4, 0.5) is 18.9 Å². The number of rotatable bonds is 4. The maximum atomic E-state index is 12.5. The lowest BCUT2D eigenvalue weighted by atomic mass is 9.96. The molecule has 1 aromatic rings. The molecule has 128 valence electrons. The van der Waals surface area contributed by atoms with E-state index in [2.05, 4.69) is 4.98 Å². The largest absolute Gasteiger partial charge is 0.481 e. The highest BCUT2D eigenvalue weighted by Crippen LogP contribution is 2.25. The van der Waals surface area contributed by atoms with Crippen molar-refractivity contribution in [2.45, 2.75) is 19.0 Å². The summed E-state index contributed by atoms with van der Waals surface area (Å²) in [4.78, 5) is 19.3. The number of methoxy groups -OCH3 is 1. The zero-order chi connectivity index (χ0) is 17.0. The van der Waals surface area contributed by atoms with E-state index in [4.69, 9.17) is 4.74 Å². The van der Waals surface area contributed by atoms with Gasteiger partial charge in [-0.25, -0.2) is 4.98 Å². The molecule has 0 aromatic carbocycles. The average Bonchev–Trinajstić information content (AvgIpc) is 2.52. The van der Waals surface area contributed by atoms with Crippen molar-refractivity contribution in [3.63, 3.8) is 0 Å². The second-order valence-corrected chi connectivity index (χ2v) is 5.65. The van der Waals surface area contributed by atoms with Crippen LogP contribution in [0, 0.1) is 5.92 Å². The van der Waals surface area contributed by atoms with Crippen molar-refractivity contribution in [3.05, 3.63) is 18.3 Å². The highest BCUT2D eigenvalue weighted by atomic mass is 19.4. The van der Waals surface area contributed by atoms with E-state index in [0.29, 0.717) is 31.0 Å². The first-order valence-corrected chi connectivity index (χ1v) is 7.37. The number of hydrogen-bond acceptors (Lipinski definition) is 4. The summed E-state index contributed by atoms with van der Waals surface area (Å²) in [7, 11) is 3.10. The van der Waals surface area contributed by atoms with Gasteiger partial charge in [0, 0.05) is 19.7 Å². The minimum Gasteiger partial charge on any atom is -0.481 e. The number of piperidine rings is 1. The summed E-state index contributed by atoms with van der Waals surface area (Å²) < 4.78 is 42.5. The van der Waals surface area contributed by atoms with E-state index in [1.165, 1.54) is 23.1 Å². The quantitative estimate of drug-likeness (QED) is 0.849. The van der Waals surface area contributed by atoms with Crippen molar-refractivity contribution in [3.8, 4) is 5.88 Å². The first kappa shape index (κ1) is 17.5. The Morgan fingerprint density at radius 1 is 1.48 bits per heavy atom. The molecule has 1 saturated heterocycles. The molecule has 0 saturated carbocycles. The molecule has 1 unspecified atom stereocenters. The van der Waals surface area contributed by atoms with E-state index in [-0.39, 0.29) is 12.5 Å². The number of hydrogen-bond donors (Lipinski definition) is 0. The number of carbonyl (C=O) groups is 1. The second-order valence-electron chi connectivity index (χ2n) is 5.65.